The molecule has 1 rings (SSSR count). The Morgan fingerprint density at radius 1 is 1.40 bits per heavy atom. The molecule has 0 saturated heterocycles. The van der Waals surface area contributed by atoms with E-state index in [-0.39, 0.29) is 0 Å². The smallest absolute Gasteiger partial charge is 0.103 e. The van der Waals surface area contributed by atoms with Gasteiger partial charge < -0.3 is 5.11 Å². The largest absolute Gasteiger partial charge is 0.385 e. The number of aromatic nitrogens is 1. The Kier molecular flexibility index (Phi) is 4.62. The molecule has 0 spiro atoms. The third kappa shape index (κ3) is 3.47. The number of rotatable bonds is 5. The highest BCUT2D eigenvalue weighted by Gasteiger charge is 2.23. The molecule has 0 radical (unpaired) electrons. The second-order valence-corrected chi connectivity index (χ2v) is 6.29. The van der Waals surface area contributed by atoms with Gasteiger partial charge in [0, 0.05) is 5.75 Å². The lowest BCUT2D eigenvalue weighted by Crippen LogP contribution is -2.15. The first-order chi connectivity index (χ1) is 6.99. The Labute approximate surface area is 100 Å². The van der Waals surface area contributed by atoms with Crippen molar-refractivity contribution in [2.45, 2.75) is 45.5 Å². The van der Waals surface area contributed by atoms with Crippen LogP contribution in [-0.4, -0.2) is 15.8 Å². The van der Waals surface area contributed by atoms with E-state index in [4.69, 9.17) is 0 Å². The lowest BCUT2D eigenvalue weighted by molar-refractivity contribution is 0.0814. The van der Waals surface area contributed by atoms with Crippen LogP contribution >= 0.6 is 23.1 Å². The molecule has 0 aromatic carbocycles. The van der Waals surface area contributed by atoms with Crippen LogP contribution in [0.25, 0.3) is 0 Å². The molecular formula is C11H19NOS2. The molecule has 0 fully saturated rings. The van der Waals surface area contributed by atoms with Crippen LogP contribution in [0.5, 0.6) is 0 Å². The van der Waals surface area contributed by atoms with Gasteiger partial charge in [0.25, 0.3) is 0 Å². The predicted molar refractivity (Wildman–Crippen MR) is 68.6 cm³/mol. The molecular weight excluding hydrogens is 226 g/mol. The highest BCUT2D eigenvalue weighted by Crippen LogP contribution is 2.31. The Balaban J connectivity index is 2.90. The SMILES string of the molecule is CCSCc1nc(CC)c(C(C)(C)O)s1. The molecule has 0 bridgehead atoms. The molecule has 0 aliphatic rings. The van der Waals surface area contributed by atoms with Crippen LogP contribution in [0, 0.1) is 0 Å². The first-order valence-corrected chi connectivity index (χ1v) is 7.25. The van der Waals surface area contributed by atoms with Crippen LogP contribution in [0.4, 0.5) is 0 Å². The summed E-state index contributed by atoms with van der Waals surface area (Å²) in [5, 5.41) is 11.1. The number of aliphatic hydroxyl groups is 1. The second kappa shape index (κ2) is 5.32. The zero-order valence-corrected chi connectivity index (χ0v) is 11.5. The molecule has 1 N–H and O–H groups in total. The molecule has 4 heteroatoms. The highest BCUT2D eigenvalue weighted by molar-refractivity contribution is 7.98. The predicted octanol–water partition coefficient (Wildman–Crippen LogP) is 3.19. The van der Waals surface area contributed by atoms with Crippen LogP contribution in [0.2, 0.25) is 0 Å². The van der Waals surface area contributed by atoms with Crippen molar-refractivity contribution in [2.24, 2.45) is 0 Å². The van der Waals surface area contributed by atoms with Crippen LogP contribution in [0.15, 0.2) is 0 Å². The molecule has 0 aliphatic heterocycles. The van der Waals surface area contributed by atoms with E-state index >= 15 is 0 Å². The van der Waals surface area contributed by atoms with Crippen molar-refractivity contribution in [2.75, 3.05) is 5.75 Å². The lowest BCUT2D eigenvalue weighted by Gasteiger charge is -2.15. The quantitative estimate of drug-likeness (QED) is 0.865. The second-order valence-electron chi connectivity index (χ2n) is 3.93. The standard InChI is InChI=1S/C11H19NOS2/c1-5-8-10(11(3,4)13)15-9(12-8)7-14-6-2/h13H,5-7H2,1-4H3. The highest BCUT2D eigenvalue weighted by atomic mass is 32.2. The summed E-state index contributed by atoms with van der Waals surface area (Å²) < 4.78 is 0. The first kappa shape index (κ1) is 13.0. The summed E-state index contributed by atoms with van der Waals surface area (Å²) in [7, 11) is 0. The summed E-state index contributed by atoms with van der Waals surface area (Å²) in [6, 6.07) is 0. The fourth-order valence-electron chi connectivity index (χ4n) is 1.37. The maximum Gasteiger partial charge on any atom is 0.103 e. The minimum absolute atomic E-state index is 0.752. The molecule has 86 valence electrons. The fourth-order valence-corrected chi connectivity index (χ4v) is 3.25. The van der Waals surface area contributed by atoms with Crippen LogP contribution < -0.4 is 0 Å². The summed E-state index contributed by atoms with van der Waals surface area (Å²) in [6.45, 7) is 7.89. The van der Waals surface area contributed by atoms with Gasteiger partial charge in [-0.1, -0.05) is 13.8 Å². The average molecular weight is 245 g/mol. The van der Waals surface area contributed by atoms with Crippen molar-refractivity contribution < 1.29 is 5.11 Å². The van der Waals surface area contributed by atoms with E-state index in [9.17, 15) is 5.11 Å². The van der Waals surface area contributed by atoms with Gasteiger partial charge in [-0.3, -0.25) is 0 Å². The normalized spacial score (nSPS) is 12.1. The molecule has 0 amide bonds. The van der Waals surface area contributed by atoms with Gasteiger partial charge in [0.2, 0.25) is 0 Å². The Hall–Kier alpha value is -0.0600. The van der Waals surface area contributed by atoms with Gasteiger partial charge in [0.1, 0.15) is 5.01 Å². The molecule has 0 saturated carbocycles. The molecule has 2 nitrogen and oxygen atoms in total. The topological polar surface area (TPSA) is 33.1 Å². The number of aryl methyl sites for hydroxylation is 1. The summed E-state index contributed by atoms with van der Waals surface area (Å²) in [4.78, 5) is 5.60. The van der Waals surface area contributed by atoms with Crippen molar-refractivity contribution in [3.05, 3.63) is 15.6 Å². The first-order valence-electron chi connectivity index (χ1n) is 5.28. The number of thiazole rings is 1. The molecule has 0 unspecified atom stereocenters. The van der Waals surface area contributed by atoms with E-state index in [2.05, 4.69) is 18.8 Å². The fraction of sp³-hybridized carbons (Fsp3) is 0.727. The lowest BCUT2D eigenvalue weighted by atomic mass is 10.1. The summed E-state index contributed by atoms with van der Waals surface area (Å²) in [5.74, 6) is 2.07. The maximum atomic E-state index is 10.0. The summed E-state index contributed by atoms with van der Waals surface area (Å²) >= 11 is 3.52. The van der Waals surface area contributed by atoms with Crippen molar-refractivity contribution >= 4 is 23.1 Å². The van der Waals surface area contributed by atoms with Gasteiger partial charge in [0.15, 0.2) is 0 Å². The van der Waals surface area contributed by atoms with Gasteiger partial charge in [-0.2, -0.15) is 11.8 Å². The van der Waals surface area contributed by atoms with Gasteiger partial charge >= 0.3 is 0 Å². The van der Waals surface area contributed by atoms with Crippen molar-refractivity contribution in [1.82, 2.24) is 4.98 Å². The van der Waals surface area contributed by atoms with Gasteiger partial charge in [-0.15, -0.1) is 11.3 Å². The summed E-state index contributed by atoms with van der Waals surface area (Å²) in [6.07, 6.45) is 0.895. The number of hydrogen-bond donors (Lipinski definition) is 1. The zero-order valence-electron chi connectivity index (χ0n) is 9.83. The number of thioether (sulfide) groups is 1. The molecule has 1 aromatic heterocycles. The van der Waals surface area contributed by atoms with E-state index in [1.165, 1.54) is 0 Å². The van der Waals surface area contributed by atoms with Gasteiger partial charge in [-0.25, -0.2) is 4.98 Å². The maximum absolute atomic E-state index is 10.0. The van der Waals surface area contributed by atoms with E-state index in [0.29, 0.717) is 0 Å². The monoisotopic (exact) mass is 245 g/mol. The minimum atomic E-state index is -0.752. The molecule has 1 aromatic rings. The van der Waals surface area contributed by atoms with Gasteiger partial charge in [-0.05, 0) is 26.0 Å². The van der Waals surface area contributed by atoms with Gasteiger partial charge in [0.05, 0.1) is 16.2 Å². The minimum Gasteiger partial charge on any atom is -0.385 e. The summed E-state index contributed by atoms with van der Waals surface area (Å²) in [5.41, 5.74) is 0.303. The van der Waals surface area contributed by atoms with E-state index in [1.54, 1.807) is 11.3 Å². The molecule has 15 heavy (non-hydrogen) atoms. The Morgan fingerprint density at radius 2 is 2.07 bits per heavy atom. The third-order valence-corrected chi connectivity index (χ3v) is 4.54. The van der Waals surface area contributed by atoms with E-state index < -0.39 is 5.60 Å². The Bertz CT molecular complexity index is 315. The third-order valence-electron chi connectivity index (χ3n) is 2.06. The number of nitrogens with zero attached hydrogens (tertiary/aromatic N) is 1. The number of hydrogen-bond acceptors (Lipinski definition) is 4. The molecule has 1 heterocycles. The zero-order chi connectivity index (χ0) is 11.5. The molecule has 0 aliphatic carbocycles. The van der Waals surface area contributed by atoms with Crippen molar-refractivity contribution in [3.63, 3.8) is 0 Å². The van der Waals surface area contributed by atoms with Crippen molar-refractivity contribution in [3.8, 4) is 0 Å². The average Bonchev–Trinajstić information content (AvgIpc) is 2.57. The van der Waals surface area contributed by atoms with Crippen LogP contribution in [0.1, 0.15) is 43.3 Å². The van der Waals surface area contributed by atoms with E-state index in [0.717, 1.165) is 33.5 Å². The van der Waals surface area contributed by atoms with Crippen molar-refractivity contribution in [1.29, 1.82) is 0 Å². The van der Waals surface area contributed by atoms with Crippen LogP contribution in [-0.2, 0) is 17.8 Å². The molecule has 0 atom stereocenters. The Morgan fingerprint density at radius 3 is 2.47 bits per heavy atom. The van der Waals surface area contributed by atoms with E-state index in [1.807, 2.05) is 25.6 Å². The van der Waals surface area contributed by atoms with Crippen LogP contribution in [0.3, 0.4) is 0 Å².